The highest BCUT2D eigenvalue weighted by Crippen LogP contribution is 2.29. The topological polar surface area (TPSA) is 49.8 Å². The molecule has 0 aliphatic carbocycles. The predicted molar refractivity (Wildman–Crippen MR) is 125 cm³/mol. The fourth-order valence-corrected chi connectivity index (χ4v) is 4.24. The summed E-state index contributed by atoms with van der Waals surface area (Å²) in [5.74, 6) is 0. The van der Waals surface area contributed by atoms with E-state index >= 15 is 0 Å². The lowest BCUT2D eigenvalue weighted by Gasteiger charge is -2.22. The molecule has 5 rings (SSSR count). The van der Waals surface area contributed by atoms with E-state index in [2.05, 4.69) is 41.5 Å². The number of H-pyrrole nitrogens is 1. The Kier molecular flexibility index (Phi) is 4.40. The molecule has 0 spiro atoms. The van der Waals surface area contributed by atoms with Crippen molar-refractivity contribution in [3.8, 4) is 5.69 Å². The molecule has 2 aromatic heterocycles. The van der Waals surface area contributed by atoms with E-state index < -0.39 is 0 Å². The number of pyridine rings is 1. The Morgan fingerprint density at radius 1 is 0.933 bits per heavy atom. The highest BCUT2D eigenvalue weighted by Gasteiger charge is 2.18. The molecule has 148 valence electrons. The highest BCUT2D eigenvalue weighted by molar-refractivity contribution is 5.92. The van der Waals surface area contributed by atoms with Gasteiger partial charge in [0.05, 0.1) is 11.4 Å². The molecule has 0 unspecified atom stereocenters. The van der Waals surface area contributed by atoms with E-state index in [0.29, 0.717) is 0 Å². The Hall–Kier alpha value is -3.79. The van der Waals surface area contributed by atoms with Gasteiger partial charge in [0.1, 0.15) is 0 Å². The second kappa shape index (κ2) is 7.23. The minimum atomic E-state index is -0.0803. The number of hydrogen-bond donors (Lipinski definition) is 2. The number of aryl methyl sites for hydroxylation is 1. The van der Waals surface area contributed by atoms with Crippen LogP contribution in [0.1, 0.15) is 24.2 Å². The molecular formula is C26H23N3O. The first kappa shape index (κ1) is 18.3. The van der Waals surface area contributed by atoms with Crippen molar-refractivity contribution in [3.05, 3.63) is 107 Å². The van der Waals surface area contributed by atoms with Crippen molar-refractivity contribution in [1.82, 2.24) is 9.55 Å². The molecule has 2 heterocycles. The van der Waals surface area contributed by atoms with Gasteiger partial charge < -0.3 is 10.3 Å². The van der Waals surface area contributed by atoms with Crippen LogP contribution in [0.2, 0.25) is 0 Å². The van der Waals surface area contributed by atoms with Gasteiger partial charge in [-0.3, -0.25) is 9.36 Å². The maximum atomic E-state index is 13.6. The number of nitrogens with zero attached hydrogens (tertiary/aromatic N) is 1. The summed E-state index contributed by atoms with van der Waals surface area (Å²) >= 11 is 0. The van der Waals surface area contributed by atoms with Gasteiger partial charge in [0.25, 0.3) is 5.56 Å². The first-order valence-corrected chi connectivity index (χ1v) is 10.2. The van der Waals surface area contributed by atoms with Crippen LogP contribution in [0.5, 0.6) is 0 Å². The van der Waals surface area contributed by atoms with Crippen molar-refractivity contribution < 1.29 is 0 Å². The summed E-state index contributed by atoms with van der Waals surface area (Å²) in [7, 11) is 0. The van der Waals surface area contributed by atoms with E-state index in [9.17, 15) is 4.79 Å². The van der Waals surface area contributed by atoms with Crippen molar-refractivity contribution in [2.75, 3.05) is 5.32 Å². The number of nitrogens with one attached hydrogen (secondary N) is 2. The maximum Gasteiger partial charge on any atom is 0.263 e. The smallest absolute Gasteiger partial charge is 0.263 e. The third-order valence-corrected chi connectivity index (χ3v) is 5.71. The molecule has 0 fully saturated rings. The predicted octanol–water partition coefficient (Wildman–Crippen LogP) is 5.95. The van der Waals surface area contributed by atoms with E-state index in [0.717, 1.165) is 44.3 Å². The Balaban J connectivity index is 1.71. The second-order valence-corrected chi connectivity index (χ2v) is 7.69. The first-order valence-electron chi connectivity index (χ1n) is 10.2. The standard InChI is InChI=1S/C26H23N3O/c1-17-8-6-9-19-16-24(29(26(30)25(17)19)20-10-4-3-5-11-20)18(2)28-23-13-7-12-22-21(23)14-15-27-22/h3-16,18,27-28H,1-2H3/t18-/m0/s1. The SMILES string of the molecule is Cc1cccc2cc([C@H](C)Nc3cccc4[nH]ccc34)n(-c3ccccc3)c(=O)c12. The van der Waals surface area contributed by atoms with Crippen molar-refractivity contribution in [2.45, 2.75) is 19.9 Å². The molecule has 0 radical (unpaired) electrons. The molecule has 30 heavy (non-hydrogen) atoms. The van der Waals surface area contributed by atoms with E-state index in [4.69, 9.17) is 0 Å². The minimum absolute atomic E-state index is 0.0142. The molecule has 0 saturated carbocycles. The van der Waals surface area contributed by atoms with Crippen molar-refractivity contribution >= 4 is 27.4 Å². The van der Waals surface area contributed by atoms with Crippen LogP contribution in [-0.4, -0.2) is 9.55 Å². The highest BCUT2D eigenvalue weighted by atomic mass is 16.1. The van der Waals surface area contributed by atoms with Gasteiger partial charge in [0.15, 0.2) is 0 Å². The second-order valence-electron chi connectivity index (χ2n) is 7.69. The summed E-state index contributed by atoms with van der Waals surface area (Å²) in [6.07, 6.45) is 1.94. The Labute approximate surface area is 174 Å². The molecule has 0 aliphatic rings. The van der Waals surface area contributed by atoms with Crippen LogP contribution in [0.15, 0.2) is 89.9 Å². The zero-order valence-corrected chi connectivity index (χ0v) is 17.0. The number of rotatable bonds is 4. The van der Waals surface area contributed by atoms with Gasteiger partial charge in [-0.05, 0) is 61.2 Å². The van der Waals surface area contributed by atoms with Crippen LogP contribution in [0.25, 0.3) is 27.4 Å². The van der Waals surface area contributed by atoms with Gasteiger partial charge in [-0.25, -0.2) is 0 Å². The maximum absolute atomic E-state index is 13.6. The monoisotopic (exact) mass is 393 g/mol. The summed E-state index contributed by atoms with van der Waals surface area (Å²) in [5, 5.41) is 6.49. The molecule has 0 bridgehead atoms. The number of aromatic nitrogens is 2. The van der Waals surface area contributed by atoms with Gasteiger partial charge in [0.2, 0.25) is 0 Å². The number of hydrogen-bond acceptors (Lipinski definition) is 2. The summed E-state index contributed by atoms with van der Waals surface area (Å²) in [6.45, 7) is 4.09. The molecule has 1 atom stereocenters. The molecular weight excluding hydrogens is 370 g/mol. The summed E-state index contributed by atoms with van der Waals surface area (Å²) in [5.41, 5.74) is 4.93. The third-order valence-electron chi connectivity index (χ3n) is 5.71. The summed E-state index contributed by atoms with van der Waals surface area (Å²) in [6, 6.07) is 26.2. The molecule has 0 amide bonds. The van der Waals surface area contributed by atoms with Crippen LogP contribution in [0.3, 0.4) is 0 Å². The molecule has 3 aromatic carbocycles. The van der Waals surface area contributed by atoms with Crippen molar-refractivity contribution in [1.29, 1.82) is 0 Å². The Bertz CT molecular complexity index is 1410. The molecule has 2 N–H and O–H groups in total. The largest absolute Gasteiger partial charge is 0.376 e. The zero-order chi connectivity index (χ0) is 20.7. The van der Waals surface area contributed by atoms with Crippen molar-refractivity contribution in [3.63, 3.8) is 0 Å². The fraction of sp³-hybridized carbons (Fsp3) is 0.115. The van der Waals surface area contributed by atoms with Crippen LogP contribution in [0.4, 0.5) is 5.69 Å². The van der Waals surface area contributed by atoms with Gasteiger partial charge >= 0.3 is 0 Å². The van der Waals surface area contributed by atoms with Crippen LogP contribution < -0.4 is 10.9 Å². The lowest BCUT2D eigenvalue weighted by molar-refractivity contribution is 0.778. The number of benzene rings is 3. The van der Waals surface area contributed by atoms with E-state index in [1.54, 1.807) is 0 Å². The third kappa shape index (κ3) is 2.98. The van der Waals surface area contributed by atoms with Crippen LogP contribution >= 0.6 is 0 Å². The normalized spacial score (nSPS) is 12.3. The number of aromatic amines is 1. The lowest BCUT2D eigenvalue weighted by Crippen LogP contribution is -2.26. The number of fused-ring (bicyclic) bond motifs is 2. The molecule has 0 aliphatic heterocycles. The Morgan fingerprint density at radius 2 is 1.73 bits per heavy atom. The van der Waals surface area contributed by atoms with E-state index in [1.165, 1.54) is 0 Å². The van der Waals surface area contributed by atoms with Gasteiger partial charge in [-0.1, -0.05) is 42.5 Å². The number of anilines is 1. The minimum Gasteiger partial charge on any atom is -0.376 e. The van der Waals surface area contributed by atoms with Crippen molar-refractivity contribution in [2.24, 2.45) is 0 Å². The molecule has 4 heteroatoms. The lowest BCUT2D eigenvalue weighted by atomic mass is 10.0. The van der Waals surface area contributed by atoms with E-state index in [-0.39, 0.29) is 11.6 Å². The van der Waals surface area contributed by atoms with E-state index in [1.807, 2.05) is 72.3 Å². The quantitative estimate of drug-likeness (QED) is 0.396. The molecule has 5 aromatic rings. The Morgan fingerprint density at radius 3 is 2.57 bits per heavy atom. The van der Waals surface area contributed by atoms with Crippen LogP contribution in [0, 0.1) is 6.92 Å². The molecule has 0 saturated heterocycles. The summed E-state index contributed by atoms with van der Waals surface area (Å²) in [4.78, 5) is 16.9. The first-order chi connectivity index (χ1) is 14.6. The van der Waals surface area contributed by atoms with Gasteiger partial charge in [-0.2, -0.15) is 0 Å². The summed E-state index contributed by atoms with van der Waals surface area (Å²) < 4.78 is 1.84. The van der Waals surface area contributed by atoms with Gasteiger partial charge in [0, 0.05) is 34.2 Å². The van der Waals surface area contributed by atoms with Crippen LogP contribution in [-0.2, 0) is 0 Å². The average molecular weight is 393 g/mol. The average Bonchev–Trinajstić information content (AvgIpc) is 3.24. The zero-order valence-electron chi connectivity index (χ0n) is 17.0. The number of para-hydroxylation sites is 1. The molecule has 4 nitrogen and oxygen atoms in total. The van der Waals surface area contributed by atoms with Gasteiger partial charge in [-0.15, -0.1) is 0 Å². The fourth-order valence-electron chi connectivity index (χ4n) is 4.24.